The van der Waals surface area contributed by atoms with Crippen molar-refractivity contribution in [2.45, 2.75) is 38.1 Å². The summed E-state index contributed by atoms with van der Waals surface area (Å²) in [7, 11) is 0. The fraction of sp³-hybridized carbons (Fsp3) is 0.556. The lowest BCUT2D eigenvalue weighted by Gasteiger charge is -2.45. The number of nitrogens with zero attached hydrogens (tertiary/aromatic N) is 2. The topological polar surface area (TPSA) is 40.6 Å². The molecule has 22 heavy (non-hydrogen) atoms. The summed E-state index contributed by atoms with van der Waals surface area (Å²) in [6, 6.07) is 7.76. The van der Waals surface area contributed by atoms with Gasteiger partial charge in [-0.15, -0.1) is 0 Å². The average molecular weight is 298 g/mol. The van der Waals surface area contributed by atoms with Crippen molar-refractivity contribution in [3.05, 3.63) is 35.4 Å². The maximum absolute atomic E-state index is 12.5. The van der Waals surface area contributed by atoms with Gasteiger partial charge < -0.3 is 4.90 Å². The molecule has 0 N–H and O–H groups in total. The zero-order valence-electron chi connectivity index (χ0n) is 12.8. The van der Waals surface area contributed by atoms with Crippen LogP contribution >= 0.6 is 0 Å². The van der Waals surface area contributed by atoms with Crippen molar-refractivity contribution in [3.8, 4) is 0 Å². The van der Waals surface area contributed by atoms with Crippen LogP contribution in [-0.2, 0) is 0 Å². The highest BCUT2D eigenvalue weighted by Crippen LogP contribution is 2.33. The minimum atomic E-state index is -0.103. The number of piperidine rings is 2. The maximum atomic E-state index is 12.5. The summed E-state index contributed by atoms with van der Waals surface area (Å²) < 4.78 is 0. The van der Waals surface area contributed by atoms with Crippen molar-refractivity contribution in [3.63, 3.8) is 0 Å². The third kappa shape index (κ3) is 2.17. The number of hydrogen-bond donors (Lipinski definition) is 0. The molecule has 0 radical (unpaired) electrons. The van der Waals surface area contributed by atoms with Gasteiger partial charge in [0.2, 0.25) is 0 Å². The van der Waals surface area contributed by atoms with E-state index in [0.29, 0.717) is 29.6 Å². The fourth-order valence-electron chi connectivity index (χ4n) is 4.43. The number of rotatable bonds is 2. The van der Waals surface area contributed by atoms with E-state index < -0.39 is 0 Å². The summed E-state index contributed by atoms with van der Waals surface area (Å²) in [4.78, 5) is 29.1. The van der Waals surface area contributed by atoms with E-state index in [-0.39, 0.29) is 11.8 Å². The molecule has 4 nitrogen and oxygen atoms in total. The van der Waals surface area contributed by atoms with Gasteiger partial charge in [-0.25, -0.2) is 0 Å². The lowest BCUT2D eigenvalue weighted by molar-refractivity contribution is 0.0353. The molecule has 2 fully saturated rings. The van der Waals surface area contributed by atoms with Gasteiger partial charge in [0.1, 0.15) is 0 Å². The molecular formula is C18H22N2O2. The highest BCUT2D eigenvalue weighted by molar-refractivity contribution is 6.21. The third-order valence-electron chi connectivity index (χ3n) is 5.52. The number of imide groups is 1. The molecule has 0 saturated carbocycles. The molecule has 1 aromatic carbocycles. The Morgan fingerprint density at radius 3 is 2.32 bits per heavy atom. The Labute approximate surface area is 131 Å². The lowest BCUT2D eigenvalue weighted by Crippen LogP contribution is -2.51. The van der Waals surface area contributed by atoms with Gasteiger partial charge in [0.25, 0.3) is 11.8 Å². The molecule has 0 unspecified atom stereocenters. The first-order valence-electron chi connectivity index (χ1n) is 8.45. The first kappa shape index (κ1) is 13.9. The second-order valence-corrected chi connectivity index (χ2v) is 6.77. The minimum Gasteiger partial charge on any atom is -0.300 e. The summed E-state index contributed by atoms with van der Waals surface area (Å²) in [5.41, 5.74) is 1.15. The number of fused-ring (bicyclic) bond motifs is 2. The highest BCUT2D eigenvalue weighted by Gasteiger charge is 2.40. The van der Waals surface area contributed by atoms with Crippen LogP contribution in [0.5, 0.6) is 0 Å². The van der Waals surface area contributed by atoms with Gasteiger partial charge in [0, 0.05) is 12.6 Å². The third-order valence-corrected chi connectivity index (χ3v) is 5.52. The van der Waals surface area contributed by atoms with Crippen molar-refractivity contribution in [2.24, 2.45) is 5.92 Å². The number of hydrogen-bond acceptors (Lipinski definition) is 3. The molecule has 0 bridgehead atoms. The normalized spacial score (nSPS) is 28.6. The number of amides is 2. The molecule has 3 aliphatic rings. The van der Waals surface area contributed by atoms with E-state index in [0.717, 1.165) is 6.42 Å². The predicted octanol–water partition coefficient (Wildman–Crippen LogP) is 2.55. The Kier molecular flexibility index (Phi) is 3.49. The van der Waals surface area contributed by atoms with Crippen molar-refractivity contribution in [1.82, 2.24) is 9.80 Å². The fourth-order valence-corrected chi connectivity index (χ4v) is 4.43. The molecule has 3 aliphatic heterocycles. The van der Waals surface area contributed by atoms with E-state index in [1.165, 1.54) is 43.7 Å². The molecule has 116 valence electrons. The molecule has 0 aliphatic carbocycles. The lowest BCUT2D eigenvalue weighted by atomic mass is 9.83. The molecule has 0 aromatic heterocycles. The van der Waals surface area contributed by atoms with Gasteiger partial charge in [0.15, 0.2) is 0 Å². The summed E-state index contributed by atoms with van der Waals surface area (Å²) in [5, 5.41) is 0. The van der Waals surface area contributed by atoms with E-state index in [2.05, 4.69) is 4.90 Å². The SMILES string of the molecule is O=C1c2ccccc2C(=O)N1C[C@H]1CCCN2CCCC[C@H]12. The van der Waals surface area contributed by atoms with Crippen molar-refractivity contribution >= 4 is 11.8 Å². The molecule has 1 aromatic rings. The van der Waals surface area contributed by atoms with Crippen LogP contribution in [0.1, 0.15) is 52.8 Å². The van der Waals surface area contributed by atoms with Crippen LogP contribution in [0.2, 0.25) is 0 Å². The van der Waals surface area contributed by atoms with E-state index in [1.807, 2.05) is 12.1 Å². The van der Waals surface area contributed by atoms with Crippen molar-refractivity contribution < 1.29 is 9.59 Å². The predicted molar refractivity (Wildman–Crippen MR) is 83.7 cm³/mol. The highest BCUT2D eigenvalue weighted by atomic mass is 16.2. The van der Waals surface area contributed by atoms with Gasteiger partial charge in [-0.3, -0.25) is 14.5 Å². The largest absolute Gasteiger partial charge is 0.300 e. The van der Waals surface area contributed by atoms with Gasteiger partial charge in [-0.05, 0) is 56.8 Å². The van der Waals surface area contributed by atoms with Crippen LogP contribution in [0.3, 0.4) is 0 Å². The summed E-state index contributed by atoms with van der Waals surface area (Å²) in [6.45, 7) is 2.96. The first-order valence-corrected chi connectivity index (χ1v) is 8.45. The van der Waals surface area contributed by atoms with Gasteiger partial charge in [-0.2, -0.15) is 0 Å². The Balaban J connectivity index is 1.54. The number of carbonyl (C=O) groups is 2. The number of carbonyl (C=O) groups excluding carboxylic acids is 2. The second kappa shape index (κ2) is 5.51. The number of benzene rings is 1. The molecule has 2 amide bonds. The smallest absolute Gasteiger partial charge is 0.261 e. The van der Waals surface area contributed by atoms with Crippen LogP contribution in [0, 0.1) is 5.92 Å². The molecule has 2 saturated heterocycles. The Morgan fingerprint density at radius 2 is 1.59 bits per heavy atom. The Morgan fingerprint density at radius 1 is 0.909 bits per heavy atom. The minimum absolute atomic E-state index is 0.103. The Bertz CT molecular complexity index is 576. The van der Waals surface area contributed by atoms with Gasteiger partial charge in [-0.1, -0.05) is 18.6 Å². The molecule has 4 rings (SSSR count). The van der Waals surface area contributed by atoms with E-state index in [4.69, 9.17) is 0 Å². The van der Waals surface area contributed by atoms with Crippen LogP contribution in [0.15, 0.2) is 24.3 Å². The molecule has 4 heteroatoms. The molecule has 2 atom stereocenters. The summed E-state index contributed by atoms with van der Waals surface area (Å²) in [5.74, 6) is 0.235. The zero-order valence-corrected chi connectivity index (χ0v) is 12.8. The summed E-state index contributed by atoms with van der Waals surface area (Å²) >= 11 is 0. The van der Waals surface area contributed by atoms with Crippen LogP contribution in [0.4, 0.5) is 0 Å². The van der Waals surface area contributed by atoms with E-state index >= 15 is 0 Å². The summed E-state index contributed by atoms with van der Waals surface area (Å²) in [6.07, 6.45) is 6.10. The first-order chi connectivity index (χ1) is 10.8. The van der Waals surface area contributed by atoms with Crippen molar-refractivity contribution in [1.29, 1.82) is 0 Å². The zero-order chi connectivity index (χ0) is 15.1. The van der Waals surface area contributed by atoms with Crippen LogP contribution in [0.25, 0.3) is 0 Å². The second-order valence-electron chi connectivity index (χ2n) is 6.77. The van der Waals surface area contributed by atoms with Gasteiger partial charge in [0.05, 0.1) is 11.1 Å². The Hall–Kier alpha value is -1.68. The van der Waals surface area contributed by atoms with E-state index in [1.54, 1.807) is 12.1 Å². The van der Waals surface area contributed by atoms with Crippen molar-refractivity contribution in [2.75, 3.05) is 19.6 Å². The molecule has 0 spiro atoms. The quantitative estimate of drug-likeness (QED) is 0.788. The maximum Gasteiger partial charge on any atom is 0.261 e. The average Bonchev–Trinajstić information content (AvgIpc) is 2.81. The standard InChI is InChI=1S/C18H22N2O2/c21-17-14-7-1-2-8-15(14)18(22)20(17)12-13-6-5-11-19-10-4-3-9-16(13)19/h1-2,7-8,13,16H,3-6,9-12H2/t13-,16-/m1/s1. The van der Waals surface area contributed by atoms with Crippen LogP contribution < -0.4 is 0 Å². The van der Waals surface area contributed by atoms with Gasteiger partial charge >= 0.3 is 0 Å². The van der Waals surface area contributed by atoms with E-state index in [9.17, 15) is 9.59 Å². The monoisotopic (exact) mass is 298 g/mol. The van der Waals surface area contributed by atoms with Crippen LogP contribution in [-0.4, -0.2) is 47.3 Å². The molecular weight excluding hydrogens is 276 g/mol. The molecule has 3 heterocycles.